The minimum atomic E-state index is 0.109. The van der Waals surface area contributed by atoms with Crippen molar-refractivity contribution in [1.82, 2.24) is 10.6 Å². The minimum Gasteiger partial charge on any atom is -0.348 e. The lowest BCUT2D eigenvalue weighted by atomic mass is 9.85. The molecule has 2 N–H and O–H groups in total. The maximum atomic E-state index is 12.5. The van der Waals surface area contributed by atoms with Crippen LogP contribution in [-0.4, -0.2) is 24.0 Å². The molecule has 0 bridgehead atoms. The summed E-state index contributed by atoms with van der Waals surface area (Å²) < 4.78 is 0. The molecule has 3 aliphatic carbocycles. The van der Waals surface area contributed by atoms with Gasteiger partial charge < -0.3 is 10.6 Å². The second-order valence-electron chi connectivity index (χ2n) is 7.25. The van der Waals surface area contributed by atoms with E-state index in [-0.39, 0.29) is 5.91 Å². The summed E-state index contributed by atoms with van der Waals surface area (Å²) in [6.07, 6.45) is 11.2. The van der Waals surface area contributed by atoms with Crippen LogP contribution in [0.4, 0.5) is 0 Å². The lowest BCUT2D eigenvalue weighted by Crippen LogP contribution is -2.58. The van der Waals surface area contributed by atoms with Gasteiger partial charge in [-0.25, -0.2) is 0 Å². The van der Waals surface area contributed by atoms with E-state index in [1.54, 1.807) is 0 Å². The SMILES string of the molecule is O=C(N[C@H]1CC[C@H]1NC1CCCC1)c1ccc2c(c1)CCC2. The number of carbonyl (C=O) groups is 1. The molecule has 1 amide bonds. The minimum absolute atomic E-state index is 0.109. The molecule has 1 aromatic carbocycles. The van der Waals surface area contributed by atoms with Gasteiger partial charge in [-0.1, -0.05) is 18.9 Å². The molecule has 0 aliphatic heterocycles. The zero-order valence-electron chi connectivity index (χ0n) is 13.2. The first-order chi connectivity index (χ1) is 10.8. The highest BCUT2D eigenvalue weighted by Gasteiger charge is 2.34. The van der Waals surface area contributed by atoms with Crippen LogP contribution in [0.5, 0.6) is 0 Å². The average Bonchev–Trinajstić information content (AvgIpc) is 3.19. The van der Waals surface area contributed by atoms with E-state index in [1.807, 2.05) is 6.07 Å². The van der Waals surface area contributed by atoms with Gasteiger partial charge >= 0.3 is 0 Å². The van der Waals surface area contributed by atoms with E-state index in [4.69, 9.17) is 0 Å². The van der Waals surface area contributed by atoms with Crippen LogP contribution in [-0.2, 0) is 12.8 Å². The van der Waals surface area contributed by atoms with Gasteiger partial charge in [-0.05, 0) is 68.2 Å². The Labute approximate surface area is 132 Å². The van der Waals surface area contributed by atoms with Crippen molar-refractivity contribution in [2.45, 2.75) is 75.9 Å². The Morgan fingerprint density at radius 2 is 1.68 bits per heavy atom. The highest BCUT2D eigenvalue weighted by molar-refractivity contribution is 5.94. The largest absolute Gasteiger partial charge is 0.348 e. The first kappa shape index (κ1) is 14.3. The quantitative estimate of drug-likeness (QED) is 0.897. The van der Waals surface area contributed by atoms with Crippen LogP contribution in [0.2, 0.25) is 0 Å². The van der Waals surface area contributed by atoms with Crippen LogP contribution in [0.15, 0.2) is 18.2 Å². The third kappa shape index (κ3) is 2.79. The number of nitrogens with one attached hydrogen (secondary N) is 2. The molecule has 22 heavy (non-hydrogen) atoms. The predicted octanol–water partition coefficient (Wildman–Crippen LogP) is 2.97. The van der Waals surface area contributed by atoms with E-state index in [9.17, 15) is 4.79 Å². The van der Waals surface area contributed by atoms with Crippen molar-refractivity contribution < 1.29 is 4.79 Å². The third-order valence-electron chi connectivity index (χ3n) is 5.76. The van der Waals surface area contributed by atoms with Gasteiger partial charge in [-0.3, -0.25) is 4.79 Å². The van der Waals surface area contributed by atoms with Crippen LogP contribution >= 0.6 is 0 Å². The molecule has 1 aromatic rings. The Hall–Kier alpha value is -1.35. The number of amides is 1. The topological polar surface area (TPSA) is 41.1 Å². The van der Waals surface area contributed by atoms with Crippen LogP contribution in [0.25, 0.3) is 0 Å². The predicted molar refractivity (Wildman–Crippen MR) is 88.1 cm³/mol. The molecule has 4 rings (SSSR count). The molecule has 118 valence electrons. The Kier molecular flexibility index (Phi) is 3.91. The number of hydrogen-bond acceptors (Lipinski definition) is 2. The van der Waals surface area contributed by atoms with Gasteiger partial charge in [0.25, 0.3) is 5.91 Å². The van der Waals surface area contributed by atoms with Gasteiger partial charge in [0.2, 0.25) is 0 Å². The molecule has 0 spiro atoms. The van der Waals surface area contributed by atoms with Gasteiger partial charge in [-0.15, -0.1) is 0 Å². The van der Waals surface area contributed by atoms with Gasteiger partial charge in [0.05, 0.1) is 0 Å². The standard InChI is InChI=1S/C19H26N2O/c22-19(15-9-8-13-4-3-5-14(13)12-15)21-18-11-10-17(18)20-16-6-1-2-7-16/h8-9,12,16-18,20H,1-7,10-11H2,(H,21,22)/t17-,18+/m1/s1. The normalized spacial score (nSPS) is 27.5. The first-order valence-corrected chi connectivity index (χ1v) is 8.98. The summed E-state index contributed by atoms with van der Waals surface area (Å²) in [5.41, 5.74) is 3.65. The second-order valence-corrected chi connectivity index (χ2v) is 7.25. The fraction of sp³-hybridized carbons (Fsp3) is 0.632. The zero-order valence-corrected chi connectivity index (χ0v) is 13.2. The lowest BCUT2D eigenvalue weighted by Gasteiger charge is -2.39. The third-order valence-corrected chi connectivity index (χ3v) is 5.76. The van der Waals surface area contributed by atoms with Gasteiger partial charge in [0, 0.05) is 23.7 Å². The lowest BCUT2D eigenvalue weighted by molar-refractivity contribution is 0.0889. The molecule has 0 saturated heterocycles. The fourth-order valence-electron chi connectivity index (χ4n) is 4.23. The van der Waals surface area contributed by atoms with Crippen molar-refractivity contribution in [3.05, 3.63) is 34.9 Å². The molecule has 2 atom stereocenters. The van der Waals surface area contributed by atoms with Crippen LogP contribution < -0.4 is 10.6 Å². The average molecular weight is 298 g/mol. The van der Waals surface area contributed by atoms with Gasteiger partial charge in [0.15, 0.2) is 0 Å². The summed E-state index contributed by atoms with van der Waals surface area (Å²) in [4.78, 5) is 12.5. The molecule has 0 unspecified atom stereocenters. The molecule has 3 nitrogen and oxygen atoms in total. The van der Waals surface area contributed by atoms with Crippen molar-refractivity contribution in [3.63, 3.8) is 0 Å². The maximum Gasteiger partial charge on any atom is 0.251 e. The highest BCUT2D eigenvalue weighted by Crippen LogP contribution is 2.26. The van der Waals surface area contributed by atoms with E-state index in [1.165, 1.54) is 56.1 Å². The van der Waals surface area contributed by atoms with Crippen molar-refractivity contribution in [2.24, 2.45) is 0 Å². The Morgan fingerprint density at radius 3 is 2.45 bits per heavy atom. The number of benzene rings is 1. The van der Waals surface area contributed by atoms with Crippen LogP contribution in [0, 0.1) is 0 Å². The van der Waals surface area contributed by atoms with E-state index in [0.717, 1.165) is 18.4 Å². The molecule has 3 heteroatoms. The molecule has 3 aliphatic rings. The molecule has 2 fully saturated rings. The zero-order chi connectivity index (χ0) is 14.9. The highest BCUT2D eigenvalue weighted by atomic mass is 16.1. The van der Waals surface area contributed by atoms with Crippen molar-refractivity contribution in [1.29, 1.82) is 0 Å². The molecular weight excluding hydrogens is 272 g/mol. The molecule has 2 saturated carbocycles. The van der Waals surface area contributed by atoms with Crippen molar-refractivity contribution >= 4 is 5.91 Å². The Morgan fingerprint density at radius 1 is 0.909 bits per heavy atom. The van der Waals surface area contributed by atoms with Crippen molar-refractivity contribution in [3.8, 4) is 0 Å². The molecular formula is C19H26N2O. The first-order valence-electron chi connectivity index (χ1n) is 8.98. The summed E-state index contributed by atoms with van der Waals surface area (Å²) in [6, 6.07) is 7.74. The van der Waals surface area contributed by atoms with E-state index >= 15 is 0 Å². The fourth-order valence-corrected chi connectivity index (χ4v) is 4.23. The smallest absolute Gasteiger partial charge is 0.251 e. The Balaban J connectivity index is 1.35. The Bertz CT molecular complexity index is 563. The number of hydrogen-bond donors (Lipinski definition) is 2. The number of rotatable bonds is 4. The molecule has 0 heterocycles. The number of carbonyl (C=O) groups excluding carboxylic acids is 1. The molecule has 0 radical (unpaired) electrons. The summed E-state index contributed by atoms with van der Waals surface area (Å²) in [5, 5.41) is 7.00. The summed E-state index contributed by atoms with van der Waals surface area (Å²) >= 11 is 0. The maximum absolute atomic E-state index is 12.5. The monoisotopic (exact) mass is 298 g/mol. The van der Waals surface area contributed by atoms with E-state index in [2.05, 4.69) is 22.8 Å². The van der Waals surface area contributed by atoms with Gasteiger partial charge in [0.1, 0.15) is 0 Å². The van der Waals surface area contributed by atoms with Crippen molar-refractivity contribution in [2.75, 3.05) is 0 Å². The van der Waals surface area contributed by atoms with E-state index < -0.39 is 0 Å². The summed E-state index contributed by atoms with van der Waals surface area (Å²) in [7, 11) is 0. The van der Waals surface area contributed by atoms with E-state index in [0.29, 0.717) is 18.1 Å². The number of aryl methyl sites for hydroxylation is 2. The van der Waals surface area contributed by atoms with Crippen LogP contribution in [0.1, 0.15) is 66.4 Å². The summed E-state index contributed by atoms with van der Waals surface area (Å²) in [6.45, 7) is 0. The number of fused-ring (bicyclic) bond motifs is 1. The summed E-state index contributed by atoms with van der Waals surface area (Å²) in [5.74, 6) is 0.109. The second kappa shape index (κ2) is 6.04. The van der Waals surface area contributed by atoms with Gasteiger partial charge in [-0.2, -0.15) is 0 Å². The molecule has 0 aromatic heterocycles. The van der Waals surface area contributed by atoms with Crippen LogP contribution in [0.3, 0.4) is 0 Å².